The van der Waals surface area contributed by atoms with Gasteiger partial charge in [0.1, 0.15) is 21.8 Å². The van der Waals surface area contributed by atoms with Crippen molar-refractivity contribution in [2.45, 2.75) is 35.4 Å². The van der Waals surface area contributed by atoms with Crippen molar-refractivity contribution in [2.75, 3.05) is 32.1 Å². The summed E-state index contributed by atoms with van der Waals surface area (Å²) >= 11 is 1.39. The summed E-state index contributed by atoms with van der Waals surface area (Å²) in [5.74, 6) is 1.30. The number of hydrogen-bond donors (Lipinski definition) is 2. The molecule has 2 N–H and O–H groups in total. The highest BCUT2D eigenvalue weighted by atomic mass is 32.2. The molecule has 3 aliphatic rings. The monoisotopic (exact) mass is 531 g/mol. The third-order valence-electron chi connectivity index (χ3n) is 7.23. The molecule has 3 amide bonds. The number of likely N-dealkylation sites (N-methyl/N-ethyl adjacent to an activating group) is 1. The van der Waals surface area contributed by atoms with Crippen molar-refractivity contribution in [1.29, 1.82) is 0 Å². The molecule has 38 heavy (non-hydrogen) atoms. The summed E-state index contributed by atoms with van der Waals surface area (Å²) in [6.45, 7) is 3.42. The van der Waals surface area contributed by atoms with Gasteiger partial charge in [0.05, 0.1) is 29.6 Å². The minimum Gasteiger partial charge on any atom is -0.457 e. The minimum absolute atomic E-state index is 0.0697. The van der Waals surface area contributed by atoms with E-state index < -0.39 is 11.3 Å². The van der Waals surface area contributed by atoms with Crippen LogP contribution in [0.2, 0.25) is 0 Å². The van der Waals surface area contributed by atoms with Crippen molar-refractivity contribution in [3.05, 3.63) is 71.9 Å². The zero-order chi connectivity index (χ0) is 26.4. The Kier molecular flexibility index (Phi) is 6.46. The summed E-state index contributed by atoms with van der Waals surface area (Å²) in [4.78, 5) is 35.3. The number of pyridine rings is 1. The molecule has 1 saturated heterocycles. The number of rotatable bonds is 6. The molecule has 1 aromatic heterocycles. The number of urea groups is 1. The molecule has 0 radical (unpaired) electrons. The van der Waals surface area contributed by atoms with Crippen LogP contribution in [0.5, 0.6) is 11.5 Å². The lowest BCUT2D eigenvalue weighted by Crippen LogP contribution is -2.52. The first kappa shape index (κ1) is 24.7. The van der Waals surface area contributed by atoms with Gasteiger partial charge in [0.15, 0.2) is 0 Å². The molecule has 6 rings (SSSR count). The molecule has 3 aromatic rings. The summed E-state index contributed by atoms with van der Waals surface area (Å²) in [6, 6.07) is 16.2. The van der Waals surface area contributed by atoms with E-state index in [2.05, 4.69) is 20.5 Å². The maximum atomic E-state index is 13.5. The van der Waals surface area contributed by atoms with Crippen LogP contribution in [0.4, 0.5) is 16.2 Å². The molecule has 9 nitrogen and oxygen atoms in total. The Bertz CT molecular complexity index is 1390. The molecule has 2 aromatic carbocycles. The third-order valence-corrected chi connectivity index (χ3v) is 8.52. The van der Waals surface area contributed by atoms with E-state index >= 15 is 0 Å². The van der Waals surface area contributed by atoms with E-state index in [9.17, 15) is 9.59 Å². The predicted molar refractivity (Wildman–Crippen MR) is 145 cm³/mol. The second-order valence-electron chi connectivity index (χ2n) is 9.82. The Morgan fingerprint density at radius 1 is 1.11 bits per heavy atom. The number of carbonyl (C=O) groups excluding carboxylic acids is 2. The van der Waals surface area contributed by atoms with Gasteiger partial charge in [0.2, 0.25) is 5.91 Å². The Morgan fingerprint density at radius 3 is 2.68 bits per heavy atom. The SMILES string of the molecule is CO[C@@H]1CN(C)C[C@@H]1NC(=O)C1Sc2nccc3c2C1NC(=O)N3c1ccc(Oc2ccccc2)cc1C. The quantitative estimate of drug-likeness (QED) is 0.496. The molecule has 1 fully saturated rings. The number of aryl methyl sites for hydroxylation is 1. The Morgan fingerprint density at radius 2 is 1.92 bits per heavy atom. The van der Waals surface area contributed by atoms with Gasteiger partial charge in [-0.3, -0.25) is 9.69 Å². The summed E-state index contributed by atoms with van der Waals surface area (Å²) in [7, 11) is 3.67. The van der Waals surface area contributed by atoms with E-state index in [4.69, 9.17) is 9.47 Å². The fourth-order valence-corrected chi connectivity index (χ4v) is 6.67. The van der Waals surface area contributed by atoms with Crippen molar-refractivity contribution in [1.82, 2.24) is 20.5 Å². The highest BCUT2D eigenvalue weighted by Crippen LogP contribution is 2.51. The number of methoxy groups -OCH3 is 1. The molecular weight excluding hydrogens is 502 g/mol. The van der Waals surface area contributed by atoms with Crippen LogP contribution in [0, 0.1) is 6.92 Å². The topological polar surface area (TPSA) is 96.0 Å². The lowest BCUT2D eigenvalue weighted by atomic mass is 9.99. The second-order valence-corrected chi connectivity index (χ2v) is 11.0. The molecule has 10 heteroatoms. The molecule has 0 aliphatic carbocycles. The lowest BCUT2D eigenvalue weighted by Gasteiger charge is -2.35. The largest absolute Gasteiger partial charge is 0.457 e. The molecule has 4 heterocycles. The maximum Gasteiger partial charge on any atom is 0.327 e. The van der Waals surface area contributed by atoms with Crippen molar-refractivity contribution in [2.24, 2.45) is 0 Å². The van der Waals surface area contributed by atoms with Gasteiger partial charge in [-0.05, 0) is 55.9 Å². The van der Waals surface area contributed by atoms with Crippen LogP contribution in [0.1, 0.15) is 17.2 Å². The maximum absolute atomic E-state index is 13.5. The number of nitrogens with zero attached hydrogens (tertiary/aromatic N) is 3. The smallest absolute Gasteiger partial charge is 0.327 e. The standard InChI is InChI=1S/C28H29N5O4S/c1-16-13-18(37-17-7-5-4-6-8-17)9-10-20(16)33-21-11-12-29-27-23(21)24(31-28(33)35)25(38-27)26(34)30-19-14-32(2)15-22(19)36-3/h4-13,19,22,24-25H,14-15H2,1-3H3,(H,30,34)(H,31,35)/t19-,22+,24?,25?/m0/s1. The summed E-state index contributed by atoms with van der Waals surface area (Å²) < 4.78 is 11.5. The number of thioether (sulfide) groups is 1. The van der Waals surface area contributed by atoms with E-state index in [1.54, 1.807) is 18.2 Å². The number of para-hydroxylation sites is 1. The van der Waals surface area contributed by atoms with Crippen LogP contribution in [0.15, 0.2) is 65.8 Å². The predicted octanol–water partition coefficient (Wildman–Crippen LogP) is 4.00. The minimum atomic E-state index is -0.518. The second kappa shape index (κ2) is 9.94. The number of benzene rings is 2. The summed E-state index contributed by atoms with van der Waals surface area (Å²) in [5.41, 5.74) is 3.23. The fraction of sp³-hybridized carbons (Fsp3) is 0.321. The van der Waals surface area contributed by atoms with Crippen LogP contribution in [0.25, 0.3) is 0 Å². The number of carbonyl (C=O) groups is 2. The van der Waals surface area contributed by atoms with Gasteiger partial charge < -0.3 is 25.0 Å². The van der Waals surface area contributed by atoms with Crippen molar-refractivity contribution < 1.29 is 19.1 Å². The summed E-state index contributed by atoms with van der Waals surface area (Å²) in [6.07, 6.45) is 1.62. The number of nitrogens with one attached hydrogen (secondary N) is 2. The first-order valence-electron chi connectivity index (χ1n) is 12.5. The van der Waals surface area contributed by atoms with Gasteiger partial charge in [-0.25, -0.2) is 9.78 Å². The fourth-order valence-electron chi connectivity index (χ4n) is 5.44. The molecule has 2 unspecified atom stereocenters. The molecule has 0 bridgehead atoms. The molecule has 3 aliphatic heterocycles. The summed E-state index contributed by atoms with van der Waals surface area (Å²) in [5, 5.41) is 6.48. The van der Waals surface area contributed by atoms with E-state index in [1.807, 2.05) is 68.6 Å². The number of amides is 3. The molecule has 0 saturated carbocycles. The first-order chi connectivity index (χ1) is 18.4. The van der Waals surface area contributed by atoms with Crippen LogP contribution < -0.4 is 20.3 Å². The molecular formula is C28H29N5O4S. The van der Waals surface area contributed by atoms with E-state index in [-0.39, 0.29) is 24.1 Å². The Balaban J connectivity index is 1.26. The van der Waals surface area contributed by atoms with Gasteiger partial charge in [-0.15, -0.1) is 0 Å². The Labute approximate surface area is 225 Å². The average Bonchev–Trinajstić information content (AvgIpc) is 3.46. The van der Waals surface area contributed by atoms with E-state index in [0.717, 1.165) is 39.8 Å². The zero-order valence-corrected chi connectivity index (χ0v) is 22.2. The normalized spacial score (nSPS) is 24.2. The number of aromatic nitrogens is 1. The third kappa shape index (κ3) is 4.38. The van der Waals surface area contributed by atoms with Gasteiger partial charge in [-0.2, -0.15) is 0 Å². The molecule has 196 valence electrons. The average molecular weight is 532 g/mol. The van der Waals surface area contributed by atoms with Gasteiger partial charge in [0.25, 0.3) is 0 Å². The van der Waals surface area contributed by atoms with Gasteiger partial charge in [0, 0.05) is 32.0 Å². The number of anilines is 2. The highest BCUT2D eigenvalue weighted by molar-refractivity contribution is 8.01. The van der Waals surface area contributed by atoms with Crippen LogP contribution in [-0.2, 0) is 9.53 Å². The number of ether oxygens (including phenoxy) is 2. The zero-order valence-electron chi connectivity index (χ0n) is 21.4. The molecule has 4 atom stereocenters. The molecule has 0 spiro atoms. The van der Waals surface area contributed by atoms with Crippen molar-refractivity contribution >= 4 is 35.1 Å². The van der Waals surface area contributed by atoms with Crippen LogP contribution >= 0.6 is 11.8 Å². The van der Waals surface area contributed by atoms with E-state index in [1.165, 1.54) is 11.8 Å². The Hall–Kier alpha value is -3.60. The van der Waals surface area contributed by atoms with Gasteiger partial charge >= 0.3 is 6.03 Å². The highest BCUT2D eigenvalue weighted by Gasteiger charge is 2.47. The van der Waals surface area contributed by atoms with Crippen LogP contribution in [-0.4, -0.2) is 66.5 Å². The van der Waals surface area contributed by atoms with Crippen molar-refractivity contribution in [3.63, 3.8) is 0 Å². The van der Waals surface area contributed by atoms with Crippen LogP contribution in [0.3, 0.4) is 0 Å². The lowest BCUT2D eigenvalue weighted by molar-refractivity contribution is -0.122. The van der Waals surface area contributed by atoms with Gasteiger partial charge in [-0.1, -0.05) is 30.0 Å². The van der Waals surface area contributed by atoms with Crippen molar-refractivity contribution in [3.8, 4) is 11.5 Å². The number of hydrogen-bond acceptors (Lipinski definition) is 7. The first-order valence-corrected chi connectivity index (χ1v) is 13.4. The van der Waals surface area contributed by atoms with E-state index in [0.29, 0.717) is 12.3 Å². The number of likely N-dealkylation sites (tertiary alicyclic amines) is 1.